The molecule has 0 fully saturated rings. The molecule has 2 heterocycles. The first-order valence-electron chi connectivity index (χ1n) is 10.6. The SMILES string of the molecule is O=[N+]([O-])c1cccc([C@@H]2Oc3ccc(Cl)cc3[C@H]3CC(c4ccc5ccccc5c4)=NN32)c1. The van der Waals surface area contributed by atoms with Crippen molar-refractivity contribution in [3.05, 3.63) is 117 Å². The van der Waals surface area contributed by atoms with E-state index in [9.17, 15) is 10.1 Å². The molecule has 2 atom stereocenters. The van der Waals surface area contributed by atoms with Crippen LogP contribution in [0, 0.1) is 10.1 Å². The highest BCUT2D eigenvalue weighted by Gasteiger charge is 2.41. The quantitative estimate of drug-likeness (QED) is 0.256. The minimum absolute atomic E-state index is 0.0208. The summed E-state index contributed by atoms with van der Waals surface area (Å²) in [6.07, 6.45) is 0.0991. The number of ether oxygens (including phenoxy) is 1. The zero-order valence-corrected chi connectivity index (χ0v) is 18.1. The van der Waals surface area contributed by atoms with Gasteiger partial charge in [0.05, 0.1) is 16.7 Å². The van der Waals surface area contributed by atoms with Crippen LogP contribution in [0.1, 0.15) is 35.4 Å². The number of hydrogen-bond acceptors (Lipinski definition) is 5. The summed E-state index contributed by atoms with van der Waals surface area (Å²) in [5.41, 5.74) is 3.65. The Labute approximate surface area is 194 Å². The molecule has 0 saturated carbocycles. The maximum atomic E-state index is 11.4. The molecule has 4 aromatic carbocycles. The Hall–Kier alpha value is -3.90. The highest BCUT2D eigenvalue weighted by molar-refractivity contribution is 6.30. The molecule has 0 N–H and O–H groups in total. The van der Waals surface area contributed by atoms with E-state index >= 15 is 0 Å². The Morgan fingerprint density at radius 3 is 2.67 bits per heavy atom. The minimum Gasteiger partial charge on any atom is -0.464 e. The predicted octanol–water partition coefficient (Wildman–Crippen LogP) is 6.64. The lowest BCUT2D eigenvalue weighted by Crippen LogP contribution is -2.33. The standard InChI is InChI=1S/C26H18ClN3O3/c27-20-10-11-25-22(14-20)24-15-23(18-9-8-16-4-1-2-5-17(16)12-18)28-29(24)26(33-25)19-6-3-7-21(13-19)30(31)32/h1-14,24,26H,15H2/t24-,26+/m1/s1. The lowest BCUT2D eigenvalue weighted by Gasteiger charge is -2.38. The topological polar surface area (TPSA) is 68.0 Å². The van der Waals surface area contributed by atoms with Crippen molar-refractivity contribution in [1.82, 2.24) is 5.01 Å². The smallest absolute Gasteiger partial charge is 0.269 e. The fraction of sp³-hybridized carbons (Fsp3) is 0.115. The van der Waals surface area contributed by atoms with Gasteiger partial charge in [0.1, 0.15) is 5.75 Å². The number of benzene rings is 4. The monoisotopic (exact) mass is 455 g/mol. The second kappa shape index (κ2) is 7.60. The molecule has 6 rings (SSSR count). The zero-order chi connectivity index (χ0) is 22.5. The van der Waals surface area contributed by atoms with Gasteiger partial charge in [-0.25, -0.2) is 5.01 Å². The van der Waals surface area contributed by atoms with E-state index in [2.05, 4.69) is 30.3 Å². The van der Waals surface area contributed by atoms with Gasteiger partial charge in [0.25, 0.3) is 5.69 Å². The van der Waals surface area contributed by atoms with Crippen LogP contribution in [0.3, 0.4) is 0 Å². The molecule has 0 bridgehead atoms. The van der Waals surface area contributed by atoms with Crippen LogP contribution in [0.4, 0.5) is 5.69 Å². The van der Waals surface area contributed by atoms with Gasteiger partial charge < -0.3 is 4.74 Å². The van der Waals surface area contributed by atoms with Crippen LogP contribution in [-0.4, -0.2) is 15.6 Å². The van der Waals surface area contributed by atoms with Crippen LogP contribution >= 0.6 is 11.6 Å². The third kappa shape index (κ3) is 3.39. The van der Waals surface area contributed by atoms with Crippen molar-refractivity contribution in [3.8, 4) is 5.75 Å². The maximum absolute atomic E-state index is 11.4. The van der Waals surface area contributed by atoms with Crippen molar-refractivity contribution in [2.75, 3.05) is 0 Å². The summed E-state index contributed by atoms with van der Waals surface area (Å²) in [6, 6.07) is 26.6. The summed E-state index contributed by atoms with van der Waals surface area (Å²) in [5.74, 6) is 0.715. The van der Waals surface area contributed by atoms with E-state index in [1.807, 2.05) is 35.3 Å². The van der Waals surface area contributed by atoms with E-state index in [-0.39, 0.29) is 11.7 Å². The molecular formula is C26H18ClN3O3. The Kier molecular flexibility index (Phi) is 4.55. The van der Waals surface area contributed by atoms with Crippen LogP contribution in [0.2, 0.25) is 5.02 Å². The van der Waals surface area contributed by atoms with Gasteiger partial charge in [0.15, 0.2) is 0 Å². The van der Waals surface area contributed by atoms with Crippen molar-refractivity contribution < 1.29 is 9.66 Å². The minimum atomic E-state index is -0.582. The van der Waals surface area contributed by atoms with Gasteiger partial charge in [-0.2, -0.15) is 5.10 Å². The van der Waals surface area contributed by atoms with E-state index in [0.29, 0.717) is 22.8 Å². The van der Waals surface area contributed by atoms with E-state index in [0.717, 1.165) is 22.2 Å². The fourth-order valence-electron chi connectivity index (χ4n) is 4.61. The zero-order valence-electron chi connectivity index (χ0n) is 17.4. The molecule has 33 heavy (non-hydrogen) atoms. The maximum Gasteiger partial charge on any atom is 0.269 e. The molecular weight excluding hydrogens is 438 g/mol. The Morgan fingerprint density at radius 1 is 0.970 bits per heavy atom. The third-order valence-corrected chi connectivity index (χ3v) is 6.44. The van der Waals surface area contributed by atoms with Crippen molar-refractivity contribution in [1.29, 1.82) is 0 Å². The van der Waals surface area contributed by atoms with Gasteiger partial charge >= 0.3 is 0 Å². The van der Waals surface area contributed by atoms with Crippen LogP contribution in [0.5, 0.6) is 5.75 Å². The van der Waals surface area contributed by atoms with Gasteiger partial charge in [-0.05, 0) is 40.6 Å². The summed E-state index contributed by atoms with van der Waals surface area (Å²) in [6.45, 7) is 0. The molecule has 7 heteroatoms. The molecule has 0 unspecified atom stereocenters. The Morgan fingerprint density at radius 2 is 1.82 bits per heavy atom. The van der Waals surface area contributed by atoms with Crippen molar-refractivity contribution >= 4 is 33.8 Å². The molecule has 0 radical (unpaired) electrons. The van der Waals surface area contributed by atoms with Gasteiger partial charge in [0.2, 0.25) is 6.23 Å². The molecule has 0 aromatic heterocycles. The first kappa shape index (κ1) is 19.8. The predicted molar refractivity (Wildman–Crippen MR) is 128 cm³/mol. The molecule has 162 valence electrons. The van der Waals surface area contributed by atoms with Gasteiger partial charge in [0, 0.05) is 34.7 Å². The van der Waals surface area contributed by atoms with Crippen molar-refractivity contribution in [3.63, 3.8) is 0 Å². The summed E-state index contributed by atoms with van der Waals surface area (Å²) in [4.78, 5) is 11.0. The van der Waals surface area contributed by atoms with Gasteiger partial charge in [-0.15, -0.1) is 0 Å². The first-order chi connectivity index (χ1) is 16.1. The number of hydrogen-bond donors (Lipinski definition) is 0. The van der Waals surface area contributed by atoms with E-state index < -0.39 is 11.2 Å². The number of hydrazone groups is 1. The number of nitro groups is 1. The van der Waals surface area contributed by atoms with Gasteiger partial charge in [-0.1, -0.05) is 60.1 Å². The summed E-state index contributed by atoms with van der Waals surface area (Å²) < 4.78 is 6.31. The number of nitro benzene ring substituents is 1. The number of halogens is 1. The number of nitrogens with zero attached hydrogens (tertiary/aromatic N) is 3. The van der Waals surface area contributed by atoms with Crippen molar-refractivity contribution in [2.24, 2.45) is 5.10 Å². The van der Waals surface area contributed by atoms with Gasteiger partial charge in [-0.3, -0.25) is 10.1 Å². The average molecular weight is 456 g/mol. The highest BCUT2D eigenvalue weighted by atomic mass is 35.5. The van der Waals surface area contributed by atoms with Crippen LogP contribution < -0.4 is 4.74 Å². The van der Waals surface area contributed by atoms with E-state index in [1.54, 1.807) is 18.2 Å². The molecule has 0 amide bonds. The van der Waals surface area contributed by atoms with Crippen LogP contribution in [-0.2, 0) is 0 Å². The molecule has 2 aliphatic heterocycles. The third-order valence-electron chi connectivity index (χ3n) is 6.20. The number of non-ortho nitro benzene ring substituents is 1. The highest BCUT2D eigenvalue weighted by Crippen LogP contribution is 2.48. The number of rotatable bonds is 3. The fourth-order valence-corrected chi connectivity index (χ4v) is 4.79. The molecule has 6 nitrogen and oxygen atoms in total. The van der Waals surface area contributed by atoms with Crippen LogP contribution in [0.25, 0.3) is 10.8 Å². The lowest BCUT2D eigenvalue weighted by molar-refractivity contribution is -0.385. The van der Waals surface area contributed by atoms with E-state index in [4.69, 9.17) is 21.4 Å². The molecule has 2 aliphatic rings. The summed E-state index contributed by atoms with van der Waals surface area (Å²) >= 11 is 6.31. The second-order valence-electron chi connectivity index (χ2n) is 8.21. The number of fused-ring (bicyclic) bond motifs is 4. The first-order valence-corrected chi connectivity index (χ1v) is 11.0. The molecule has 0 spiro atoms. The average Bonchev–Trinajstić information content (AvgIpc) is 3.29. The summed E-state index contributed by atoms with van der Waals surface area (Å²) in [5, 5.41) is 21.2. The van der Waals surface area contributed by atoms with Crippen molar-refractivity contribution in [2.45, 2.75) is 18.7 Å². The lowest BCUT2D eigenvalue weighted by atomic mass is 9.95. The van der Waals surface area contributed by atoms with Crippen LogP contribution in [0.15, 0.2) is 90.0 Å². The molecule has 0 aliphatic carbocycles. The Bertz CT molecular complexity index is 1450. The molecule has 4 aromatic rings. The molecule has 0 saturated heterocycles. The van der Waals surface area contributed by atoms with E-state index in [1.165, 1.54) is 11.5 Å². The normalized spacial score (nSPS) is 18.9. The largest absolute Gasteiger partial charge is 0.464 e. The Balaban J connectivity index is 1.46. The summed E-state index contributed by atoms with van der Waals surface area (Å²) in [7, 11) is 0. The second-order valence-corrected chi connectivity index (χ2v) is 8.65.